The number of nitrogens with one attached hydrogen (secondary N) is 1. The standard InChI is InChI=1S/C12H15FN4O3/c1-14-11-10(17(19)20)7-8-9(15-11)3-6-16(12(8)18)5-2-4-13/h7H,2-6H2,1H3,(H,14,15). The van der Waals surface area contributed by atoms with Crippen molar-refractivity contribution in [3.05, 3.63) is 27.4 Å². The fourth-order valence-electron chi connectivity index (χ4n) is 2.22. The lowest BCUT2D eigenvalue weighted by Gasteiger charge is -2.27. The molecule has 1 aromatic heterocycles. The van der Waals surface area contributed by atoms with Crippen molar-refractivity contribution in [2.75, 3.05) is 32.1 Å². The lowest BCUT2D eigenvalue weighted by Crippen LogP contribution is -2.39. The maximum Gasteiger partial charge on any atom is 0.312 e. The van der Waals surface area contributed by atoms with Crippen molar-refractivity contribution in [2.45, 2.75) is 12.8 Å². The van der Waals surface area contributed by atoms with Crippen molar-refractivity contribution < 1.29 is 14.1 Å². The molecule has 0 bridgehead atoms. The van der Waals surface area contributed by atoms with E-state index in [1.165, 1.54) is 11.0 Å². The van der Waals surface area contributed by atoms with Crippen LogP contribution in [-0.2, 0) is 6.42 Å². The van der Waals surface area contributed by atoms with Gasteiger partial charge in [0.15, 0.2) is 0 Å². The number of nitrogens with zero attached hydrogens (tertiary/aromatic N) is 3. The molecule has 7 nitrogen and oxygen atoms in total. The second kappa shape index (κ2) is 5.81. The van der Waals surface area contributed by atoms with Crippen molar-refractivity contribution in [3.8, 4) is 0 Å². The van der Waals surface area contributed by atoms with Crippen LogP contribution >= 0.6 is 0 Å². The highest BCUT2D eigenvalue weighted by Gasteiger charge is 2.29. The Bertz CT molecular complexity index is 550. The number of nitro groups is 1. The number of halogens is 1. The van der Waals surface area contributed by atoms with Crippen LogP contribution in [0.3, 0.4) is 0 Å². The second-order valence-corrected chi connectivity index (χ2v) is 4.44. The van der Waals surface area contributed by atoms with Crippen LogP contribution in [-0.4, -0.2) is 47.5 Å². The van der Waals surface area contributed by atoms with Crippen LogP contribution in [0, 0.1) is 10.1 Å². The highest BCUT2D eigenvalue weighted by molar-refractivity contribution is 5.97. The number of anilines is 1. The Labute approximate surface area is 114 Å². The highest BCUT2D eigenvalue weighted by atomic mass is 19.1. The van der Waals surface area contributed by atoms with E-state index < -0.39 is 11.6 Å². The predicted molar refractivity (Wildman–Crippen MR) is 70.6 cm³/mol. The van der Waals surface area contributed by atoms with Crippen LogP contribution in [0.1, 0.15) is 22.5 Å². The summed E-state index contributed by atoms with van der Waals surface area (Å²) in [5, 5.41) is 13.6. The summed E-state index contributed by atoms with van der Waals surface area (Å²) in [7, 11) is 1.54. The van der Waals surface area contributed by atoms with Gasteiger partial charge in [0.2, 0.25) is 5.82 Å². The topological polar surface area (TPSA) is 88.4 Å². The first-order valence-corrected chi connectivity index (χ1v) is 6.29. The number of aromatic nitrogens is 1. The number of carbonyl (C=O) groups excluding carboxylic acids is 1. The lowest BCUT2D eigenvalue weighted by molar-refractivity contribution is -0.384. The number of rotatable bonds is 5. The third-order valence-electron chi connectivity index (χ3n) is 3.21. The predicted octanol–water partition coefficient (Wildman–Crippen LogP) is 1.39. The summed E-state index contributed by atoms with van der Waals surface area (Å²) in [6.07, 6.45) is 0.783. The summed E-state index contributed by atoms with van der Waals surface area (Å²) >= 11 is 0. The number of hydrogen-bond acceptors (Lipinski definition) is 5. The maximum absolute atomic E-state index is 12.2. The molecule has 8 heteroatoms. The summed E-state index contributed by atoms with van der Waals surface area (Å²) in [5.74, 6) is -0.170. The molecule has 0 atom stereocenters. The van der Waals surface area contributed by atoms with E-state index in [0.29, 0.717) is 25.2 Å². The molecule has 2 rings (SSSR count). The van der Waals surface area contributed by atoms with Gasteiger partial charge in [-0.3, -0.25) is 19.3 Å². The fourth-order valence-corrected chi connectivity index (χ4v) is 2.22. The molecular weight excluding hydrogens is 267 g/mol. The van der Waals surface area contributed by atoms with Crippen LogP contribution < -0.4 is 5.32 Å². The lowest BCUT2D eigenvalue weighted by atomic mass is 10.0. The molecule has 1 N–H and O–H groups in total. The molecule has 1 aromatic rings. The zero-order valence-electron chi connectivity index (χ0n) is 11.1. The molecule has 0 saturated heterocycles. The average molecular weight is 282 g/mol. The minimum atomic E-state index is -0.576. The first-order chi connectivity index (χ1) is 9.58. The Morgan fingerprint density at radius 2 is 2.35 bits per heavy atom. The number of amides is 1. The number of carbonyl (C=O) groups is 1. The SMILES string of the molecule is CNc1nc2c(cc1[N+](=O)[O-])C(=O)N(CCCF)CC2. The molecule has 1 aliphatic heterocycles. The Morgan fingerprint density at radius 3 is 2.95 bits per heavy atom. The van der Waals surface area contributed by atoms with Crippen LogP contribution in [0.25, 0.3) is 0 Å². The number of pyridine rings is 1. The highest BCUT2D eigenvalue weighted by Crippen LogP contribution is 2.28. The van der Waals surface area contributed by atoms with Gasteiger partial charge in [0, 0.05) is 32.6 Å². The third kappa shape index (κ3) is 2.54. The van der Waals surface area contributed by atoms with E-state index in [1.54, 1.807) is 7.05 Å². The third-order valence-corrected chi connectivity index (χ3v) is 3.21. The number of hydrogen-bond donors (Lipinski definition) is 1. The van der Waals surface area contributed by atoms with Crippen molar-refractivity contribution in [1.29, 1.82) is 0 Å². The Morgan fingerprint density at radius 1 is 1.60 bits per heavy atom. The van der Waals surface area contributed by atoms with Crippen LogP contribution in [0.4, 0.5) is 15.9 Å². The molecule has 0 radical (unpaired) electrons. The molecule has 1 amide bonds. The van der Waals surface area contributed by atoms with Gasteiger partial charge < -0.3 is 10.2 Å². The Hall–Kier alpha value is -2.25. The first-order valence-electron chi connectivity index (χ1n) is 6.29. The summed E-state index contributed by atoms with van der Waals surface area (Å²) in [6.45, 7) is 0.282. The second-order valence-electron chi connectivity index (χ2n) is 4.44. The normalized spacial score (nSPS) is 14.1. The number of fused-ring (bicyclic) bond motifs is 1. The van der Waals surface area contributed by atoms with E-state index in [2.05, 4.69) is 10.3 Å². The van der Waals surface area contributed by atoms with Gasteiger partial charge in [-0.05, 0) is 6.42 Å². The molecule has 0 spiro atoms. The van der Waals surface area contributed by atoms with E-state index in [4.69, 9.17) is 0 Å². The molecule has 0 fully saturated rings. The van der Waals surface area contributed by atoms with Crippen LogP contribution in [0.5, 0.6) is 0 Å². The van der Waals surface area contributed by atoms with Gasteiger partial charge in [-0.2, -0.15) is 0 Å². The summed E-state index contributed by atoms with van der Waals surface area (Å²) in [5.41, 5.74) is 0.550. The van der Waals surface area contributed by atoms with Crippen molar-refractivity contribution in [2.24, 2.45) is 0 Å². The largest absolute Gasteiger partial charge is 0.367 e. The minimum Gasteiger partial charge on any atom is -0.367 e. The molecular formula is C12H15FN4O3. The average Bonchev–Trinajstić information content (AvgIpc) is 2.45. The molecule has 108 valence electrons. The first kappa shape index (κ1) is 14.2. The fraction of sp³-hybridized carbons (Fsp3) is 0.500. The minimum absolute atomic E-state index is 0.152. The monoisotopic (exact) mass is 282 g/mol. The smallest absolute Gasteiger partial charge is 0.312 e. The van der Waals surface area contributed by atoms with E-state index in [1.807, 2.05) is 0 Å². The van der Waals surface area contributed by atoms with E-state index in [-0.39, 0.29) is 29.4 Å². The van der Waals surface area contributed by atoms with Gasteiger partial charge in [0.1, 0.15) is 0 Å². The van der Waals surface area contributed by atoms with Gasteiger partial charge in [-0.1, -0.05) is 0 Å². The van der Waals surface area contributed by atoms with Gasteiger partial charge in [0.05, 0.1) is 22.9 Å². The zero-order chi connectivity index (χ0) is 14.7. The molecule has 0 aromatic carbocycles. The summed E-state index contributed by atoms with van der Waals surface area (Å²) in [6, 6.07) is 1.25. The maximum atomic E-state index is 12.2. The molecule has 0 aliphatic carbocycles. The molecule has 0 saturated carbocycles. The summed E-state index contributed by atoms with van der Waals surface area (Å²) < 4.78 is 12.2. The van der Waals surface area contributed by atoms with Gasteiger partial charge in [0.25, 0.3) is 5.91 Å². The summed E-state index contributed by atoms with van der Waals surface area (Å²) in [4.78, 5) is 28.3. The van der Waals surface area contributed by atoms with Crippen molar-refractivity contribution >= 4 is 17.4 Å². The molecule has 2 heterocycles. The van der Waals surface area contributed by atoms with Gasteiger partial charge in [-0.15, -0.1) is 0 Å². The van der Waals surface area contributed by atoms with Gasteiger partial charge >= 0.3 is 5.69 Å². The van der Waals surface area contributed by atoms with Crippen LogP contribution in [0.2, 0.25) is 0 Å². The Balaban J connectivity index is 2.37. The molecule has 0 unspecified atom stereocenters. The van der Waals surface area contributed by atoms with E-state index in [9.17, 15) is 19.3 Å². The molecule has 1 aliphatic rings. The Kier molecular flexibility index (Phi) is 4.11. The van der Waals surface area contributed by atoms with Crippen molar-refractivity contribution in [1.82, 2.24) is 9.88 Å². The number of alkyl halides is 1. The van der Waals surface area contributed by atoms with Crippen LogP contribution in [0.15, 0.2) is 6.07 Å². The van der Waals surface area contributed by atoms with Gasteiger partial charge in [-0.25, -0.2) is 4.98 Å². The quantitative estimate of drug-likeness (QED) is 0.651. The van der Waals surface area contributed by atoms with E-state index >= 15 is 0 Å². The van der Waals surface area contributed by atoms with Crippen molar-refractivity contribution in [3.63, 3.8) is 0 Å². The molecule has 20 heavy (non-hydrogen) atoms. The van der Waals surface area contributed by atoms with E-state index in [0.717, 1.165) is 0 Å². The zero-order valence-corrected chi connectivity index (χ0v) is 11.1.